The maximum absolute atomic E-state index is 11.2. The quantitative estimate of drug-likeness (QED) is 0.604. The van der Waals surface area contributed by atoms with Crippen molar-refractivity contribution in [3.63, 3.8) is 0 Å². The zero-order valence-electron chi connectivity index (χ0n) is 14.9. The molecule has 2 heterocycles. The zero-order chi connectivity index (χ0) is 19.1. The Labute approximate surface area is 161 Å². The van der Waals surface area contributed by atoms with Gasteiger partial charge in [-0.15, -0.1) is 11.3 Å². The van der Waals surface area contributed by atoms with Crippen LogP contribution in [0.5, 0.6) is 5.75 Å². The minimum absolute atomic E-state index is 0.328. The average Bonchev–Trinajstić information content (AvgIpc) is 3.17. The SMILES string of the molecule is CCOC(Cc1ccc(OCc2ccc(-c3ncccn3)s2)cc1)C(=O)O. The lowest BCUT2D eigenvalue weighted by atomic mass is 10.1. The van der Waals surface area contributed by atoms with E-state index in [1.807, 2.05) is 36.4 Å². The summed E-state index contributed by atoms with van der Waals surface area (Å²) in [5.41, 5.74) is 0.892. The molecule has 1 aromatic carbocycles. The highest BCUT2D eigenvalue weighted by Gasteiger charge is 2.17. The third kappa shape index (κ3) is 5.35. The highest BCUT2D eigenvalue weighted by atomic mass is 32.1. The summed E-state index contributed by atoms with van der Waals surface area (Å²) in [6.07, 6.45) is 2.95. The third-order valence-electron chi connectivity index (χ3n) is 3.82. The van der Waals surface area contributed by atoms with Gasteiger partial charge >= 0.3 is 5.97 Å². The van der Waals surface area contributed by atoms with Crippen molar-refractivity contribution < 1.29 is 19.4 Å². The number of thiophene rings is 1. The number of carboxylic acids is 1. The van der Waals surface area contributed by atoms with Crippen LogP contribution in [0.25, 0.3) is 10.7 Å². The van der Waals surface area contributed by atoms with Crippen molar-refractivity contribution in [2.24, 2.45) is 0 Å². The Bertz CT molecular complexity index is 865. The second-order valence-corrected chi connectivity index (χ2v) is 6.93. The summed E-state index contributed by atoms with van der Waals surface area (Å²) in [6, 6.07) is 13.2. The van der Waals surface area contributed by atoms with Crippen LogP contribution in [0, 0.1) is 0 Å². The molecule has 3 rings (SSSR count). The van der Waals surface area contributed by atoms with E-state index in [9.17, 15) is 4.79 Å². The number of carboxylic acid groups (broad SMARTS) is 1. The molecule has 0 saturated carbocycles. The second kappa shape index (κ2) is 9.25. The van der Waals surface area contributed by atoms with E-state index in [4.69, 9.17) is 14.6 Å². The van der Waals surface area contributed by atoms with Crippen molar-refractivity contribution in [1.82, 2.24) is 9.97 Å². The predicted molar refractivity (Wildman–Crippen MR) is 103 cm³/mol. The van der Waals surface area contributed by atoms with Crippen LogP contribution < -0.4 is 4.74 Å². The molecule has 140 valence electrons. The van der Waals surface area contributed by atoms with Crippen molar-refractivity contribution in [3.05, 3.63) is 65.3 Å². The summed E-state index contributed by atoms with van der Waals surface area (Å²) in [4.78, 5) is 21.7. The number of ether oxygens (including phenoxy) is 2. The van der Waals surface area contributed by atoms with E-state index in [-0.39, 0.29) is 0 Å². The lowest BCUT2D eigenvalue weighted by molar-refractivity contribution is -0.149. The van der Waals surface area contributed by atoms with Gasteiger partial charge in [0, 0.05) is 30.3 Å². The highest BCUT2D eigenvalue weighted by molar-refractivity contribution is 7.15. The first kappa shape index (κ1) is 19.0. The minimum Gasteiger partial charge on any atom is -0.488 e. The number of nitrogens with zero attached hydrogens (tertiary/aromatic N) is 2. The van der Waals surface area contributed by atoms with Gasteiger partial charge in [0.2, 0.25) is 0 Å². The normalized spacial score (nSPS) is 11.9. The molecule has 3 aromatic rings. The van der Waals surface area contributed by atoms with Crippen LogP contribution in [0.2, 0.25) is 0 Å². The van der Waals surface area contributed by atoms with Crippen LogP contribution in [0.1, 0.15) is 17.4 Å². The Balaban J connectivity index is 1.56. The van der Waals surface area contributed by atoms with Gasteiger partial charge in [-0.05, 0) is 42.8 Å². The van der Waals surface area contributed by atoms with Crippen LogP contribution in [0.3, 0.4) is 0 Å². The van der Waals surface area contributed by atoms with E-state index in [2.05, 4.69) is 9.97 Å². The predicted octanol–water partition coefficient (Wildman–Crippen LogP) is 3.82. The summed E-state index contributed by atoms with van der Waals surface area (Å²) in [5.74, 6) is 0.487. The highest BCUT2D eigenvalue weighted by Crippen LogP contribution is 2.26. The van der Waals surface area contributed by atoms with E-state index in [1.54, 1.807) is 36.7 Å². The Morgan fingerprint density at radius 3 is 2.56 bits per heavy atom. The number of hydrogen-bond donors (Lipinski definition) is 1. The maximum atomic E-state index is 11.2. The lowest BCUT2D eigenvalue weighted by Gasteiger charge is -2.12. The number of carbonyl (C=O) groups is 1. The van der Waals surface area contributed by atoms with Gasteiger partial charge in [-0.2, -0.15) is 0 Å². The molecule has 0 spiro atoms. The smallest absolute Gasteiger partial charge is 0.333 e. The summed E-state index contributed by atoms with van der Waals surface area (Å²) < 4.78 is 11.1. The molecule has 1 atom stereocenters. The fraction of sp³-hybridized carbons (Fsp3) is 0.250. The molecule has 0 fully saturated rings. The van der Waals surface area contributed by atoms with Crippen molar-refractivity contribution in [3.8, 4) is 16.5 Å². The van der Waals surface area contributed by atoms with Crippen molar-refractivity contribution >= 4 is 17.3 Å². The molecule has 0 aliphatic rings. The summed E-state index contributed by atoms with van der Waals surface area (Å²) in [5, 5.41) is 9.16. The Hall–Kier alpha value is -2.77. The number of benzene rings is 1. The molecule has 0 saturated heterocycles. The molecule has 1 N–H and O–H groups in total. The second-order valence-electron chi connectivity index (χ2n) is 5.76. The molecule has 6 nitrogen and oxygen atoms in total. The van der Waals surface area contributed by atoms with Crippen molar-refractivity contribution in [2.75, 3.05) is 6.61 Å². The van der Waals surface area contributed by atoms with E-state index in [1.165, 1.54) is 0 Å². The first-order chi connectivity index (χ1) is 13.2. The van der Waals surface area contributed by atoms with Gasteiger partial charge in [-0.3, -0.25) is 0 Å². The van der Waals surface area contributed by atoms with E-state index in [0.29, 0.717) is 25.5 Å². The molecular formula is C20H20N2O4S. The van der Waals surface area contributed by atoms with Crippen LogP contribution in [-0.2, 0) is 22.6 Å². The monoisotopic (exact) mass is 384 g/mol. The first-order valence-corrected chi connectivity index (χ1v) is 9.39. The van der Waals surface area contributed by atoms with Gasteiger partial charge in [0.1, 0.15) is 12.4 Å². The molecular weight excluding hydrogens is 364 g/mol. The summed E-state index contributed by atoms with van der Waals surface area (Å²) in [6.45, 7) is 2.61. The number of hydrogen-bond acceptors (Lipinski definition) is 6. The molecule has 1 unspecified atom stereocenters. The van der Waals surface area contributed by atoms with E-state index < -0.39 is 12.1 Å². The van der Waals surface area contributed by atoms with Crippen LogP contribution in [0.15, 0.2) is 54.9 Å². The van der Waals surface area contributed by atoms with Gasteiger partial charge in [-0.25, -0.2) is 14.8 Å². The molecule has 0 aliphatic carbocycles. The third-order valence-corrected chi connectivity index (χ3v) is 4.87. The molecule has 0 amide bonds. The summed E-state index contributed by atoms with van der Waals surface area (Å²) >= 11 is 1.59. The maximum Gasteiger partial charge on any atom is 0.333 e. The number of rotatable bonds is 9. The van der Waals surface area contributed by atoms with Crippen molar-refractivity contribution in [1.29, 1.82) is 0 Å². The molecule has 2 aromatic heterocycles. The van der Waals surface area contributed by atoms with Crippen LogP contribution >= 0.6 is 11.3 Å². The average molecular weight is 384 g/mol. The topological polar surface area (TPSA) is 81.5 Å². The molecule has 0 bridgehead atoms. The van der Waals surface area contributed by atoms with Crippen LogP contribution in [-0.4, -0.2) is 33.8 Å². The largest absolute Gasteiger partial charge is 0.488 e. The molecule has 0 radical (unpaired) electrons. The van der Waals surface area contributed by atoms with Gasteiger partial charge in [0.15, 0.2) is 11.9 Å². The molecule has 0 aliphatic heterocycles. The van der Waals surface area contributed by atoms with Gasteiger partial charge < -0.3 is 14.6 Å². The lowest BCUT2D eigenvalue weighted by Crippen LogP contribution is -2.26. The Kier molecular flexibility index (Phi) is 6.51. The minimum atomic E-state index is -0.951. The number of aromatic nitrogens is 2. The van der Waals surface area contributed by atoms with Gasteiger partial charge in [0.05, 0.1) is 4.88 Å². The molecule has 7 heteroatoms. The van der Waals surface area contributed by atoms with Gasteiger partial charge in [0.25, 0.3) is 0 Å². The fourth-order valence-corrected chi connectivity index (χ4v) is 3.38. The first-order valence-electron chi connectivity index (χ1n) is 8.58. The Morgan fingerprint density at radius 2 is 1.89 bits per heavy atom. The summed E-state index contributed by atoms with van der Waals surface area (Å²) in [7, 11) is 0. The Morgan fingerprint density at radius 1 is 1.15 bits per heavy atom. The van der Waals surface area contributed by atoms with E-state index >= 15 is 0 Å². The standard InChI is InChI=1S/C20H20N2O4S/c1-2-25-17(20(23)24)12-14-4-6-15(7-5-14)26-13-16-8-9-18(27-16)19-21-10-3-11-22-19/h3-11,17H,2,12-13H2,1H3,(H,23,24). The van der Waals surface area contributed by atoms with Gasteiger partial charge in [-0.1, -0.05) is 12.1 Å². The zero-order valence-corrected chi connectivity index (χ0v) is 15.7. The molecule has 27 heavy (non-hydrogen) atoms. The van der Waals surface area contributed by atoms with Crippen LogP contribution in [0.4, 0.5) is 0 Å². The van der Waals surface area contributed by atoms with Crippen molar-refractivity contribution in [2.45, 2.75) is 26.1 Å². The number of aliphatic carboxylic acids is 1. The fourth-order valence-electron chi connectivity index (χ4n) is 2.51. The van der Waals surface area contributed by atoms with E-state index in [0.717, 1.165) is 21.1 Å².